The number of benzene rings is 2. The van der Waals surface area contributed by atoms with E-state index < -0.39 is 5.60 Å². The average molecular weight is 624 g/mol. The normalized spacial score (nSPS) is 18.0. The highest BCUT2D eigenvalue weighted by Gasteiger charge is 2.27. The molecule has 0 saturated carbocycles. The molecule has 2 aromatic rings. The molecule has 216 valence electrons. The Balaban J connectivity index is 0.000000309. The molecule has 0 radical (unpaired) electrons. The number of alkyl halides is 1. The van der Waals surface area contributed by atoms with Gasteiger partial charge in [0, 0.05) is 25.0 Å². The maximum absolute atomic E-state index is 13.3. The Morgan fingerprint density at radius 1 is 0.816 bits per heavy atom. The smallest absolute Gasteiger partial charge is 0.165 e. The predicted molar refractivity (Wildman–Crippen MR) is 154 cm³/mol. The fourth-order valence-corrected chi connectivity index (χ4v) is 3.94. The molecule has 0 aliphatic carbocycles. The van der Waals surface area contributed by atoms with Crippen LogP contribution in [0.5, 0.6) is 11.5 Å². The molecule has 6 nitrogen and oxygen atoms in total. The Hall–Kier alpha value is -1.49. The summed E-state index contributed by atoms with van der Waals surface area (Å²) < 4.78 is 36.5. The van der Waals surface area contributed by atoms with E-state index in [1.165, 1.54) is 12.1 Å². The standard InChI is InChI=1S/C14H20FNO2.C8H8BrFO.C6H13NO.ClH/c1-14(17)6-8-16(9-7-14)10-11-18-13-5-3-2-4-12(13)15;9-5-6-11-8-4-2-1-3-7(8)10;1-6(8)2-4-7-5-3-6;/h2-5,17H,6-11H2,1H3;1-4H,5-6H2;7-8H,2-5H2,1H3;1H. The molecule has 2 aromatic carbocycles. The van der Waals surface area contributed by atoms with Crippen LogP contribution in [0, 0.1) is 11.6 Å². The maximum atomic E-state index is 13.3. The molecule has 3 N–H and O–H groups in total. The third-order valence-corrected chi connectivity index (χ3v) is 6.61. The summed E-state index contributed by atoms with van der Waals surface area (Å²) in [4.78, 5) is 2.23. The lowest BCUT2D eigenvalue weighted by Gasteiger charge is -2.35. The minimum Gasteiger partial charge on any atom is -0.490 e. The van der Waals surface area contributed by atoms with Crippen LogP contribution in [-0.4, -0.2) is 77.6 Å². The largest absolute Gasteiger partial charge is 0.490 e. The van der Waals surface area contributed by atoms with Crippen LogP contribution in [0.2, 0.25) is 0 Å². The number of nitrogens with one attached hydrogen (secondary N) is 1. The van der Waals surface area contributed by atoms with Gasteiger partial charge in [0.1, 0.15) is 6.61 Å². The second kappa shape index (κ2) is 18.0. The van der Waals surface area contributed by atoms with Crippen molar-refractivity contribution < 1.29 is 28.5 Å². The lowest BCUT2D eigenvalue weighted by atomic mass is 9.94. The van der Waals surface area contributed by atoms with Crippen LogP contribution in [0.3, 0.4) is 0 Å². The number of hydrogen-bond acceptors (Lipinski definition) is 6. The fraction of sp³-hybridized carbons (Fsp3) is 0.571. The van der Waals surface area contributed by atoms with Crippen molar-refractivity contribution in [2.45, 2.75) is 50.7 Å². The summed E-state index contributed by atoms with van der Waals surface area (Å²) in [6.07, 6.45) is 3.36. The van der Waals surface area contributed by atoms with Crippen molar-refractivity contribution in [2.75, 3.05) is 51.3 Å². The van der Waals surface area contributed by atoms with E-state index in [0.29, 0.717) is 30.0 Å². The maximum Gasteiger partial charge on any atom is 0.165 e. The van der Waals surface area contributed by atoms with Crippen LogP contribution in [0.15, 0.2) is 48.5 Å². The highest BCUT2D eigenvalue weighted by atomic mass is 79.9. The van der Waals surface area contributed by atoms with Crippen LogP contribution in [0.25, 0.3) is 0 Å². The highest BCUT2D eigenvalue weighted by molar-refractivity contribution is 9.09. The van der Waals surface area contributed by atoms with Crippen molar-refractivity contribution >= 4 is 28.3 Å². The number of ether oxygens (including phenoxy) is 2. The molecule has 2 aliphatic rings. The predicted octanol–water partition coefficient (Wildman–Crippen LogP) is 5.19. The summed E-state index contributed by atoms with van der Waals surface area (Å²) in [5, 5.41) is 23.0. The van der Waals surface area contributed by atoms with E-state index in [1.54, 1.807) is 36.4 Å². The number of para-hydroxylation sites is 2. The highest BCUT2D eigenvalue weighted by Crippen LogP contribution is 2.21. The van der Waals surface area contributed by atoms with Crippen molar-refractivity contribution in [1.29, 1.82) is 0 Å². The first-order valence-corrected chi connectivity index (χ1v) is 13.9. The monoisotopic (exact) mass is 622 g/mol. The molecule has 2 aliphatic heterocycles. The zero-order chi connectivity index (χ0) is 27.2. The zero-order valence-corrected chi connectivity index (χ0v) is 24.7. The van der Waals surface area contributed by atoms with Gasteiger partial charge in [-0.25, -0.2) is 8.78 Å². The van der Waals surface area contributed by atoms with Gasteiger partial charge in [-0.2, -0.15) is 0 Å². The van der Waals surface area contributed by atoms with Crippen LogP contribution >= 0.6 is 28.3 Å². The number of likely N-dealkylation sites (tertiary alicyclic amines) is 1. The van der Waals surface area contributed by atoms with Gasteiger partial charge in [0.15, 0.2) is 23.1 Å². The molecule has 2 heterocycles. The molecule has 10 heteroatoms. The number of nitrogens with zero attached hydrogens (tertiary/aromatic N) is 1. The Bertz CT molecular complexity index is 906. The van der Waals surface area contributed by atoms with E-state index in [9.17, 15) is 19.0 Å². The van der Waals surface area contributed by atoms with E-state index in [1.807, 2.05) is 13.8 Å². The Morgan fingerprint density at radius 3 is 1.68 bits per heavy atom. The average Bonchev–Trinajstić information content (AvgIpc) is 2.86. The Kier molecular flexibility index (Phi) is 16.3. The van der Waals surface area contributed by atoms with Gasteiger partial charge >= 0.3 is 0 Å². The fourth-order valence-electron chi connectivity index (χ4n) is 3.78. The summed E-state index contributed by atoms with van der Waals surface area (Å²) in [7, 11) is 0. The van der Waals surface area contributed by atoms with Crippen molar-refractivity contribution in [3.05, 3.63) is 60.2 Å². The van der Waals surface area contributed by atoms with Crippen molar-refractivity contribution in [3.8, 4) is 11.5 Å². The third-order valence-electron chi connectivity index (χ3n) is 6.29. The zero-order valence-electron chi connectivity index (χ0n) is 22.3. The van der Waals surface area contributed by atoms with E-state index >= 15 is 0 Å². The molecule has 0 unspecified atom stereocenters. The van der Waals surface area contributed by atoms with Gasteiger partial charge in [-0.1, -0.05) is 40.2 Å². The molecule has 2 fully saturated rings. The van der Waals surface area contributed by atoms with Crippen LogP contribution in [0.4, 0.5) is 8.78 Å². The number of rotatable bonds is 7. The number of piperidine rings is 2. The summed E-state index contributed by atoms with van der Waals surface area (Å²) in [6.45, 7) is 9.17. The molecule has 2 saturated heterocycles. The number of aliphatic hydroxyl groups is 2. The lowest BCUT2D eigenvalue weighted by molar-refractivity contribution is -0.00775. The van der Waals surface area contributed by atoms with E-state index in [0.717, 1.165) is 58.4 Å². The molecule has 0 amide bonds. The van der Waals surface area contributed by atoms with Gasteiger partial charge in [-0.05, 0) is 76.9 Å². The first-order valence-electron chi connectivity index (χ1n) is 12.8. The molecular weight excluding hydrogens is 582 g/mol. The van der Waals surface area contributed by atoms with E-state index in [-0.39, 0.29) is 29.6 Å². The van der Waals surface area contributed by atoms with E-state index in [2.05, 4.69) is 26.1 Å². The van der Waals surface area contributed by atoms with Gasteiger partial charge in [-0.15, -0.1) is 12.4 Å². The number of hydrogen-bond donors (Lipinski definition) is 3. The minimum absolute atomic E-state index is 0. The molecule has 4 rings (SSSR count). The van der Waals surface area contributed by atoms with Gasteiger partial charge in [0.2, 0.25) is 0 Å². The van der Waals surface area contributed by atoms with Crippen LogP contribution in [0.1, 0.15) is 39.5 Å². The quantitative estimate of drug-likeness (QED) is 0.369. The van der Waals surface area contributed by atoms with Crippen LogP contribution in [-0.2, 0) is 0 Å². The minimum atomic E-state index is -0.525. The van der Waals surface area contributed by atoms with E-state index in [4.69, 9.17) is 9.47 Å². The summed E-state index contributed by atoms with van der Waals surface area (Å²) >= 11 is 3.18. The van der Waals surface area contributed by atoms with Crippen LogP contribution < -0.4 is 14.8 Å². The second-order valence-corrected chi connectivity index (χ2v) is 10.6. The summed E-state index contributed by atoms with van der Waals surface area (Å²) in [5.74, 6) is -0.0130. The van der Waals surface area contributed by atoms with Gasteiger partial charge in [0.25, 0.3) is 0 Å². The molecule has 0 spiro atoms. The van der Waals surface area contributed by atoms with Crippen molar-refractivity contribution in [3.63, 3.8) is 0 Å². The lowest BCUT2D eigenvalue weighted by Crippen LogP contribution is -2.43. The number of halogens is 4. The van der Waals surface area contributed by atoms with Gasteiger partial charge < -0.3 is 25.0 Å². The summed E-state index contributed by atoms with van der Waals surface area (Å²) in [6, 6.07) is 12.8. The van der Waals surface area contributed by atoms with Crippen molar-refractivity contribution in [1.82, 2.24) is 10.2 Å². The summed E-state index contributed by atoms with van der Waals surface area (Å²) in [5.41, 5.74) is -0.909. The topological polar surface area (TPSA) is 74.2 Å². The molecule has 0 aromatic heterocycles. The Labute approximate surface area is 240 Å². The first-order chi connectivity index (χ1) is 17.6. The van der Waals surface area contributed by atoms with Gasteiger partial charge in [-0.3, -0.25) is 4.90 Å². The SMILES string of the molecule is CC1(O)CCN(CCOc2ccccc2F)CC1.CC1(O)CCNCC1.Cl.Fc1ccccc1OCCBr. The molecular formula is C28H42BrClF2N2O4. The van der Waals surface area contributed by atoms with Gasteiger partial charge in [0.05, 0.1) is 17.8 Å². The molecule has 38 heavy (non-hydrogen) atoms. The van der Waals surface area contributed by atoms with Crippen molar-refractivity contribution in [2.24, 2.45) is 0 Å². The third kappa shape index (κ3) is 14.1. The Morgan fingerprint density at radius 2 is 1.26 bits per heavy atom. The first kappa shape index (κ1) is 34.5. The molecule has 0 bridgehead atoms. The second-order valence-electron chi connectivity index (χ2n) is 9.83. The molecule has 0 atom stereocenters.